The van der Waals surface area contributed by atoms with Crippen LogP contribution in [0, 0.1) is 5.92 Å². The van der Waals surface area contributed by atoms with Crippen molar-refractivity contribution in [3.8, 4) is 17.2 Å². The van der Waals surface area contributed by atoms with Crippen LogP contribution in [0.4, 0.5) is 4.79 Å². The number of carbonyl (C=O) groups excluding carboxylic acids is 3. The summed E-state index contributed by atoms with van der Waals surface area (Å²) in [5, 5.41) is 6.18. The number of hydrazine groups is 1. The van der Waals surface area contributed by atoms with E-state index in [2.05, 4.69) is 5.32 Å². The highest BCUT2D eigenvalue weighted by molar-refractivity contribution is 5.91. The molecule has 0 unspecified atom stereocenters. The van der Waals surface area contributed by atoms with E-state index in [1.165, 1.54) is 0 Å². The number of nitrogens with one attached hydrogen (secondary N) is 1. The minimum Gasteiger partial charge on any atom is -0.497 e. The quantitative estimate of drug-likeness (QED) is 0.579. The van der Waals surface area contributed by atoms with Gasteiger partial charge in [0.05, 0.1) is 20.2 Å². The molecule has 2 aromatic rings. The summed E-state index contributed by atoms with van der Waals surface area (Å²) in [7, 11) is 3.32. The topological polar surface area (TPSA) is 104 Å². The molecule has 0 spiro atoms. The Morgan fingerprint density at radius 3 is 2.51 bits per heavy atom. The van der Waals surface area contributed by atoms with E-state index in [0.717, 1.165) is 16.9 Å². The monoisotopic (exact) mass is 537 g/mol. The van der Waals surface area contributed by atoms with Crippen LogP contribution in [0.2, 0.25) is 0 Å². The van der Waals surface area contributed by atoms with Gasteiger partial charge in [-0.1, -0.05) is 32.0 Å². The van der Waals surface area contributed by atoms with Gasteiger partial charge in [0, 0.05) is 20.1 Å². The van der Waals surface area contributed by atoms with E-state index in [-0.39, 0.29) is 43.6 Å². The minimum atomic E-state index is -0.657. The van der Waals surface area contributed by atoms with Gasteiger partial charge in [0.25, 0.3) is 0 Å². The van der Waals surface area contributed by atoms with Crippen LogP contribution in [0.3, 0.4) is 0 Å². The summed E-state index contributed by atoms with van der Waals surface area (Å²) in [5.41, 5.74) is 1.80. The molecule has 3 heterocycles. The highest BCUT2D eigenvalue weighted by Gasteiger charge is 2.50. The van der Waals surface area contributed by atoms with Crippen LogP contribution in [0.25, 0.3) is 0 Å². The van der Waals surface area contributed by atoms with Gasteiger partial charge in [-0.3, -0.25) is 9.59 Å². The van der Waals surface area contributed by atoms with Crippen molar-refractivity contribution >= 4 is 17.8 Å². The molecule has 0 aromatic heterocycles. The molecule has 2 fully saturated rings. The van der Waals surface area contributed by atoms with Crippen molar-refractivity contribution in [2.24, 2.45) is 5.92 Å². The molecule has 2 saturated heterocycles. The van der Waals surface area contributed by atoms with Crippen molar-refractivity contribution in [2.75, 3.05) is 34.0 Å². The number of piperazine rings is 1. The summed E-state index contributed by atoms with van der Waals surface area (Å²) in [5.74, 6) is 1.95. The maximum atomic E-state index is 13.8. The summed E-state index contributed by atoms with van der Waals surface area (Å²) < 4.78 is 16.1. The number of carbonyl (C=O) groups is 3. The fourth-order valence-electron chi connectivity index (χ4n) is 5.38. The number of ether oxygens (including phenoxy) is 3. The Balaban J connectivity index is 1.39. The molecule has 1 N–H and O–H groups in total. The third-order valence-electron chi connectivity index (χ3n) is 7.26. The first-order valence-corrected chi connectivity index (χ1v) is 13.1. The molecule has 11 nitrogen and oxygen atoms in total. The van der Waals surface area contributed by atoms with Crippen molar-refractivity contribution in [3.63, 3.8) is 0 Å². The van der Waals surface area contributed by atoms with E-state index in [1.807, 2.05) is 56.3 Å². The molecule has 208 valence electrons. The van der Waals surface area contributed by atoms with E-state index in [0.29, 0.717) is 31.0 Å². The standard InChI is InChI=1S/C28H35N5O6/c1-18(2)11-22-27(35)31(14-20-7-10-23-24(12-20)39-17-38-23)15-25-32(22)26(34)16-30(3)33(25)28(36)29-13-19-5-8-21(37-4)9-6-19/h5-10,12,18,22,25H,11,13-17H2,1-4H3,(H,29,36)/t22-,25-/m0/s1. The largest absolute Gasteiger partial charge is 0.497 e. The van der Waals surface area contributed by atoms with Crippen LogP contribution in [0.5, 0.6) is 17.2 Å². The molecule has 3 aliphatic heterocycles. The Kier molecular flexibility index (Phi) is 7.51. The molecule has 5 rings (SSSR count). The molecule has 0 radical (unpaired) electrons. The molecular weight excluding hydrogens is 502 g/mol. The van der Waals surface area contributed by atoms with Crippen molar-refractivity contribution in [3.05, 3.63) is 53.6 Å². The molecule has 2 aromatic carbocycles. The van der Waals surface area contributed by atoms with E-state index in [1.54, 1.807) is 34.0 Å². The number of urea groups is 1. The lowest BCUT2D eigenvalue weighted by Gasteiger charge is -2.54. The van der Waals surface area contributed by atoms with Gasteiger partial charge in [0.2, 0.25) is 18.6 Å². The number of fused-ring (bicyclic) bond motifs is 2. The summed E-state index contributed by atoms with van der Waals surface area (Å²) in [6.07, 6.45) is -0.133. The fourth-order valence-corrected chi connectivity index (χ4v) is 5.38. The lowest BCUT2D eigenvalue weighted by atomic mass is 9.96. The van der Waals surface area contributed by atoms with Crippen LogP contribution < -0.4 is 19.5 Å². The average molecular weight is 538 g/mol. The Morgan fingerprint density at radius 1 is 1.08 bits per heavy atom. The number of amides is 4. The molecule has 0 aliphatic carbocycles. The van der Waals surface area contributed by atoms with Crippen LogP contribution in [0.15, 0.2) is 42.5 Å². The van der Waals surface area contributed by atoms with Gasteiger partial charge in [-0.2, -0.15) is 0 Å². The molecular formula is C28H35N5O6. The van der Waals surface area contributed by atoms with Gasteiger partial charge in [-0.15, -0.1) is 0 Å². The Labute approximate surface area is 228 Å². The molecule has 4 amide bonds. The third kappa shape index (κ3) is 5.44. The second-order valence-corrected chi connectivity index (χ2v) is 10.5. The number of likely N-dealkylation sites (N-methyl/N-ethyl adjacent to an activating group) is 1. The molecule has 11 heteroatoms. The number of benzene rings is 2. The number of methoxy groups -OCH3 is 1. The normalized spacial score (nSPS) is 20.9. The predicted molar refractivity (Wildman–Crippen MR) is 142 cm³/mol. The highest BCUT2D eigenvalue weighted by atomic mass is 16.7. The smallest absolute Gasteiger partial charge is 0.334 e. The predicted octanol–water partition coefficient (Wildman–Crippen LogP) is 2.41. The van der Waals surface area contributed by atoms with Crippen LogP contribution in [-0.2, 0) is 22.7 Å². The zero-order valence-corrected chi connectivity index (χ0v) is 22.8. The first-order valence-electron chi connectivity index (χ1n) is 13.1. The maximum Gasteiger partial charge on any atom is 0.334 e. The van der Waals surface area contributed by atoms with E-state index in [4.69, 9.17) is 14.2 Å². The minimum absolute atomic E-state index is 0.0104. The third-order valence-corrected chi connectivity index (χ3v) is 7.26. The van der Waals surface area contributed by atoms with Crippen LogP contribution in [0.1, 0.15) is 31.4 Å². The van der Waals surface area contributed by atoms with Gasteiger partial charge in [-0.05, 0) is 47.7 Å². The molecule has 0 bridgehead atoms. The summed E-state index contributed by atoms with van der Waals surface area (Å²) in [4.78, 5) is 43.9. The van der Waals surface area contributed by atoms with Gasteiger partial charge in [-0.25, -0.2) is 14.8 Å². The number of hydrogen-bond acceptors (Lipinski definition) is 7. The number of hydrogen-bond donors (Lipinski definition) is 1. The highest BCUT2D eigenvalue weighted by Crippen LogP contribution is 2.34. The SMILES string of the molecule is COc1ccc(CNC(=O)N2[C@H]3CN(Cc4ccc5c(c4)OCO5)C(=O)[C@H](CC(C)C)N3C(=O)CN2C)cc1. The molecule has 0 saturated carbocycles. The van der Waals surface area contributed by atoms with Crippen molar-refractivity contribution in [1.82, 2.24) is 25.1 Å². The van der Waals surface area contributed by atoms with Crippen LogP contribution in [-0.4, -0.2) is 83.9 Å². The lowest BCUT2D eigenvalue weighted by Crippen LogP contribution is -2.75. The summed E-state index contributed by atoms with van der Waals surface area (Å²) in [6, 6.07) is 12.1. The molecule has 39 heavy (non-hydrogen) atoms. The average Bonchev–Trinajstić information content (AvgIpc) is 3.37. The number of nitrogens with zero attached hydrogens (tertiary/aromatic N) is 4. The lowest BCUT2D eigenvalue weighted by molar-refractivity contribution is -0.188. The van der Waals surface area contributed by atoms with Gasteiger partial charge in [0.15, 0.2) is 11.5 Å². The van der Waals surface area contributed by atoms with Gasteiger partial charge in [0.1, 0.15) is 18.0 Å². The van der Waals surface area contributed by atoms with Crippen molar-refractivity contribution in [1.29, 1.82) is 0 Å². The van der Waals surface area contributed by atoms with E-state index >= 15 is 0 Å². The van der Waals surface area contributed by atoms with E-state index in [9.17, 15) is 14.4 Å². The zero-order valence-electron chi connectivity index (χ0n) is 22.8. The second-order valence-electron chi connectivity index (χ2n) is 10.5. The van der Waals surface area contributed by atoms with Crippen molar-refractivity contribution < 1.29 is 28.6 Å². The molecule has 3 aliphatic rings. The fraction of sp³-hybridized carbons (Fsp3) is 0.464. The zero-order chi connectivity index (χ0) is 27.7. The second kappa shape index (κ2) is 11.0. The Bertz CT molecular complexity index is 1240. The Hall–Kier alpha value is -3.99. The van der Waals surface area contributed by atoms with Gasteiger partial charge < -0.3 is 29.3 Å². The summed E-state index contributed by atoms with van der Waals surface area (Å²) in [6.45, 7) is 5.06. The number of rotatable bonds is 7. The first kappa shape index (κ1) is 26.6. The Morgan fingerprint density at radius 2 is 1.79 bits per heavy atom. The molecule has 2 atom stereocenters. The summed E-state index contributed by atoms with van der Waals surface area (Å²) >= 11 is 0. The van der Waals surface area contributed by atoms with E-state index < -0.39 is 12.2 Å². The first-order chi connectivity index (χ1) is 18.7. The van der Waals surface area contributed by atoms with Crippen LogP contribution >= 0.6 is 0 Å². The van der Waals surface area contributed by atoms with Gasteiger partial charge >= 0.3 is 6.03 Å². The maximum absolute atomic E-state index is 13.8. The van der Waals surface area contributed by atoms with Crippen molar-refractivity contribution in [2.45, 2.75) is 45.6 Å².